The van der Waals surface area contributed by atoms with Crippen LogP contribution < -0.4 is 5.56 Å². The topological polar surface area (TPSA) is 83.9 Å². The van der Waals surface area contributed by atoms with E-state index >= 15 is 0 Å². The largest absolute Gasteiger partial charge is 0.337 e. The van der Waals surface area contributed by atoms with Gasteiger partial charge in [0.05, 0.1) is 17.5 Å². The Labute approximate surface area is 148 Å². The second-order valence-electron chi connectivity index (χ2n) is 5.59. The van der Waals surface area contributed by atoms with Crippen LogP contribution in [0, 0.1) is 6.92 Å². The molecule has 0 bridgehead atoms. The Bertz CT molecular complexity index is 959. The van der Waals surface area contributed by atoms with E-state index in [1.165, 1.54) is 16.9 Å². The van der Waals surface area contributed by atoms with Crippen LogP contribution in [0.4, 0.5) is 0 Å². The summed E-state index contributed by atoms with van der Waals surface area (Å²) in [5.41, 5.74) is 1.66. The van der Waals surface area contributed by atoms with Crippen LogP contribution in [0.5, 0.6) is 0 Å². The number of aromatic amines is 1. The number of amides is 1. The highest BCUT2D eigenvalue weighted by Gasteiger charge is 2.19. The van der Waals surface area contributed by atoms with Crippen LogP contribution in [-0.2, 0) is 6.54 Å². The fourth-order valence-corrected chi connectivity index (χ4v) is 2.66. The molecule has 3 rings (SSSR count). The van der Waals surface area contributed by atoms with Crippen molar-refractivity contribution < 1.29 is 4.79 Å². The van der Waals surface area contributed by atoms with Gasteiger partial charge in [-0.15, -0.1) is 0 Å². The average Bonchev–Trinajstić information content (AvgIpc) is 2.98. The van der Waals surface area contributed by atoms with Crippen LogP contribution in [0.1, 0.15) is 21.6 Å². The Kier molecular flexibility index (Phi) is 4.67. The number of nitrogens with zero attached hydrogens (tertiary/aromatic N) is 4. The Hall–Kier alpha value is -2.93. The lowest BCUT2D eigenvalue weighted by Crippen LogP contribution is -2.26. The lowest BCUT2D eigenvalue weighted by atomic mass is 10.2. The molecule has 25 heavy (non-hydrogen) atoms. The van der Waals surface area contributed by atoms with Crippen LogP contribution in [0.3, 0.4) is 0 Å². The van der Waals surface area contributed by atoms with Gasteiger partial charge in [0.2, 0.25) is 0 Å². The van der Waals surface area contributed by atoms with Gasteiger partial charge in [-0.25, -0.2) is 9.78 Å². The molecule has 0 spiro atoms. The smallest absolute Gasteiger partial charge is 0.264 e. The second kappa shape index (κ2) is 6.90. The van der Waals surface area contributed by atoms with Gasteiger partial charge in [-0.3, -0.25) is 9.59 Å². The molecule has 0 radical (unpaired) electrons. The summed E-state index contributed by atoms with van der Waals surface area (Å²) < 4.78 is 1.51. The maximum atomic E-state index is 12.7. The van der Waals surface area contributed by atoms with Gasteiger partial charge >= 0.3 is 0 Å². The van der Waals surface area contributed by atoms with E-state index in [1.807, 2.05) is 18.2 Å². The molecule has 7 nitrogen and oxygen atoms in total. The average molecular weight is 358 g/mol. The molecule has 3 aromatic rings. The van der Waals surface area contributed by atoms with Gasteiger partial charge in [-0.2, -0.15) is 10.2 Å². The molecule has 128 valence electrons. The van der Waals surface area contributed by atoms with Crippen molar-refractivity contribution in [2.45, 2.75) is 13.5 Å². The summed E-state index contributed by atoms with van der Waals surface area (Å²) in [5, 5.41) is 11.1. The molecule has 1 amide bonds. The van der Waals surface area contributed by atoms with Gasteiger partial charge in [-0.05, 0) is 24.6 Å². The standard InChI is InChI=1S/C17H16ClN5O2/c1-11-13(9-19-23(11)15-7-8-16(24)21-20-15)17(25)22(2)10-12-5-3-4-6-14(12)18/h3-9H,10H2,1-2H3,(H,21,24). The van der Waals surface area contributed by atoms with Crippen molar-refractivity contribution in [1.82, 2.24) is 24.9 Å². The van der Waals surface area contributed by atoms with Gasteiger partial charge in [-0.1, -0.05) is 29.8 Å². The highest BCUT2D eigenvalue weighted by Crippen LogP contribution is 2.19. The van der Waals surface area contributed by atoms with E-state index in [1.54, 1.807) is 31.0 Å². The molecule has 0 aliphatic heterocycles. The SMILES string of the molecule is Cc1c(C(=O)N(C)Cc2ccccc2Cl)cnn1-c1ccc(=O)[nH]n1. The minimum absolute atomic E-state index is 0.173. The molecule has 0 fully saturated rings. The molecule has 0 saturated carbocycles. The molecule has 1 aromatic carbocycles. The molecular formula is C17H16ClN5O2. The van der Waals surface area contributed by atoms with E-state index in [0.29, 0.717) is 28.6 Å². The summed E-state index contributed by atoms with van der Waals surface area (Å²) in [5.74, 6) is 0.262. The first-order valence-electron chi connectivity index (χ1n) is 7.57. The van der Waals surface area contributed by atoms with Crippen LogP contribution >= 0.6 is 11.6 Å². The summed E-state index contributed by atoms with van der Waals surface area (Å²) >= 11 is 6.16. The molecule has 8 heteroatoms. The van der Waals surface area contributed by atoms with E-state index in [-0.39, 0.29) is 11.5 Å². The fourth-order valence-electron chi connectivity index (χ4n) is 2.47. The van der Waals surface area contributed by atoms with Crippen LogP contribution in [-0.4, -0.2) is 37.8 Å². The Balaban J connectivity index is 1.84. The molecule has 2 aromatic heterocycles. The summed E-state index contributed by atoms with van der Waals surface area (Å²) in [7, 11) is 1.71. The highest BCUT2D eigenvalue weighted by molar-refractivity contribution is 6.31. The Morgan fingerprint density at radius 3 is 2.72 bits per heavy atom. The monoisotopic (exact) mass is 357 g/mol. The van der Waals surface area contributed by atoms with E-state index < -0.39 is 0 Å². The number of benzene rings is 1. The number of nitrogens with one attached hydrogen (secondary N) is 1. The van der Waals surface area contributed by atoms with Crippen LogP contribution in [0.15, 0.2) is 47.4 Å². The third-order valence-electron chi connectivity index (χ3n) is 3.83. The van der Waals surface area contributed by atoms with Crippen LogP contribution in [0.2, 0.25) is 5.02 Å². The molecular weight excluding hydrogens is 342 g/mol. The predicted octanol–water partition coefficient (Wildman–Crippen LogP) is 2.19. The first kappa shape index (κ1) is 16.9. The van der Waals surface area contributed by atoms with Crippen molar-refractivity contribution in [3.63, 3.8) is 0 Å². The molecule has 1 N–H and O–H groups in total. The third kappa shape index (κ3) is 3.46. The van der Waals surface area contributed by atoms with E-state index in [9.17, 15) is 9.59 Å². The summed E-state index contributed by atoms with van der Waals surface area (Å²) in [6, 6.07) is 10.3. The number of rotatable bonds is 4. The zero-order chi connectivity index (χ0) is 18.0. The van der Waals surface area contributed by atoms with Gasteiger partial charge in [0.15, 0.2) is 5.82 Å². The summed E-state index contributed by atoms with van der Waals surface area (Å²) in [4.78, 5) is 25.4. The molecule has 2 heterocycles. The fraction of sp³-hybridized carbons (Fsp3) is 0.176. The maximum absolute atomic E-state index is 12.7. The molecule has 0 aliphatic rings. The highest BCUT2D eigenvalue weighted by atomic mass is 35.5. The summed E-state index contributed by atoms with van der Waals surface area (Å²) in [6.45, 7) is 2.16. The van der Waals surface area contributed by atoms with E-state index in [4.69, 9.17) is 11.6 Å². The molecule has 0 unspecified atom stereocenters. The number of carbonyl (C=O) groups excluding carboxylic acids is 1. The van der Waals surface area contributed by atoms with Gasteiger partial charge in [0, 0.05) is 24.7 Å². The molecule has 0 aliphatic carbocycles. The van der Waals surface area contributed by atoms with E-state index in [2.05, 4.69) is 15.3 Å². The number of hydrogen-bond donors (Lipinski definition) is 1. The maximum Gasteiger partial charge on any atom is 0.264 e. The quantitative estimate of drug-likeness (QED) is 0.775. The molecule has 0 saturated heterocycles. The van der Waals surface area contributed by atoms with Crippen molar-refractivity contribution in [2.24, 2.45) is 0 Å². The zero-order valence-electron chi connectivity index (χ0n) is 13.7. The van der Waals surface area contributed by atoms with Crippen molar-refractivity contribution in [1.29, 1.82) is 0 Å². The predicted molar refractivity (Wildman–Crippen MR) is 94.0 cm³/mol. The lowest BCUT2D eigenvalue weighted by Gasteiger charge is -2.17. The number of H-pyrrole nitrogens is 1. The number of hydrogen-bond acceptors (Lipinski definition) is 4. The first-order valence-corrected chi connectivity index (χ1v) is 7.95. The number of halogens is 1. The Morgan fingerprint density at radius 2 is 2.04 bits per heavy atom. The summed E-state index contributed by atoms with van der Waals surface area (Å²) in [6.07, 6.45) is 1.49. The van der Waals surface area contributed by atoms with Gasteiger partial charge in [0.25, 0.3) is 11.5 Å². The minimum Gasteiger partial charge on any atom is -0.337 e. The van der Waals surface area contributed by atoms with Crippen molar-refractivity contribution in [3.8, 4) is 5.82 Å². The lowest BCUT2D eigenvalue weighted by molar-refractivity contribution is 0.0784. The molecule has 0 atom stereocenters. The van der Waals surface area contributed by atoms with E-state index in [0.717, 1.165) is 5.56 Å². The zero-order valence-corrected chi connectivity index (χ0v) is 14.5. The van der Waals surface area contributed by atoms with Crippen molar-refractivity contribution >= 4 is 17.5 Å². The first-order chi connectivity index (χ1) is 12.0. The number of carbonyl (C=O) groups is 1. The normalized spacial score (nSPS) is 10.7. The third-order valence-corrected chi connectivity index (χ3v) is 4.20. The van der Waals surface area contributed by atoms with Crippen LogP contribution in [0.25, 0.3) is 5.82 Å². The van der Waals surface area contributed by atoms with Crippen molar-refractivity contribution in [2.75, 3.05) is 7.05 Å². The Morgan fingerprint density at radius 1 is 1.28 bits per heavy atom. The number of aromatic nitrogens is 4. The minimum atomic E-state index is -0.302. The van der Waals surface area contributed by atoms with Gasteiger partial charge < -0.3 is 4.90 Å². The second-order valence-corrected chi connectivity index (χ2v) is 5.99. The van der Waals surface area contributed by atoms with Crippen molar-refractivity contribution in [3.05, 3.63) is 74.8 Å². The van der Waals surface area contributed by atoms with Gasteiger partial charge in [0.1, 0.15) is 0 Å².